The summed E-state index contributed by atoms with van der Waals surface area (Å²) in [5, 5.41) is 4.19. The molecule has 0 bridgehead atoms. The molecule has 138 valence electrons. The van der Waals surface area contributed by atoms with Gasteiger partial charge >= 0.3 is 0 Å². The van der Waals surface area contributed by atoms with E-state index in [1.807, 2.05) is 54.4 Å². The lowest BCUT2D eigenvalue weighted by molar-refractivity contribution is -0.142. The Bertz CT molecular complexity index is 710. The summed E-state index contributed by atoms with van der Waals surface area (Å²) in [6.45, 7) is 4.12. The van der Waals surface area contributed by atoms with Crippen LogP contribution in [0.25, 0.3) is 0 Å². The predicted molar refractivity (Wildman–Crippen MR) is 96.7 cm³/mol. The quantitative estimate of drug-likeness (QED) is 0.788. The van der Waals surface area contributed by atoms with Gasteiger partial charge in [0.1, 0.15) is 11.8 Å². The molecule has 2 aromatic rings. The number of piperazine rings is 1. The van der Waals surface area contributed by atoms with Gasteiger partial charge in [0.2, 0.25) is 5.91 Å². The first-order valence-corrected chi connectivity index (χ1v) is 8.92. The van der Waals surface area contributed by atoms with Crippen molar-refractivity contribution in [1.82, 2.24) is 19.6 Å². The third-order valence-corrected chi connectivity index (χ3v) is 4.57. The zero-order chi connectivity index (χ0) is 18.4. The molecule has 7 heteroatoms. The molecule has 1 aromatic carbocycles. The van der Waals surface area contributed by atoms with Gasteiger partial charge in [-0.05, 0) is 24.6 Å². The topological polar surface area (TPSA) is 67.7 Å². The van der Waals surface area contributed by atoms with E-state index >= 15 is 0 Å². The van der Waals surface area contributed by atoms with Gasteiger partial charge in [-0.2, -0.15) is 5.10 Å². The summed E-state index contributed by atoms with van der Waals surface area (Å²) in [5.74, 6) is 0.684. The van der Waals surface area contributed by atoms with Crippen LogP contribution in [0.3, 0.4) is 0 Å². The number of aromatic nitrogens is 2. The van der Waals surface area contributed by atoms with Crippen molar-refractivity contribution in [3.8, 4) is 5.75 Å². The fourth-order valence-electron chi connectivity index (χ4n) is 3.08. The van der Waals surface area contributed by atoms with Gasteiger partial charge in [0.25, 0.3) is 5.91 Å². The van der Waals surface area contributed by atoms with Crippen LogP contribution >= 0.6 is 0 Å². The van der Waals surface area contributed by atoms with E-state index in [4.69, 9.17) is 4.74 Å². The van der Waals surface area contributed by atoms with Crippen LogP contribution in [0, 0.1) is 0 Å². The normalized spacial score (nSPS) is 15.6. The van der Waals surface area contributed by atoms with Gasteiger partial charge in [-0.15, -0.1) is 0 Å². The molecule has 26 heavy (non-hydrogen) atoms. The van der Waals surface area contributed by atoms with Crippen LogP contribution in [-0.4, -0.2) is 64.2 Å². The highest BCUT2D eigenvalue weighted by atomic mass is 16.5. The van der Waals surface area contributed by atoms with Crippen LogP contribution in [-0.2, 0) is 9.59 Å². The lowest BCUT2D eigenvalue weighted by atomic mass is 10.2. The van der Waals surface area contributed by atoms with Gasteiger partial charge in [0, 0.05) is 38.6 Å². The highest BCUT2D eigenvalue weighted by Crippen LogP contribution is 2.16. The number of nitrogens with zero attached hydrogens (tertiary/aromatic N) is 4. The zero-order valence-corrected chi connectivity index (χ0v) is 15.0. The predicted octanol–water partition coefficient (Wildman–Crippen LogP) is 1.58. The number of benzene rings is 1. The minimum Gasteiger partial charge on any atom is -0.484 e. The first kappa shape index (κ1) is 18.0. The molecule has 1 aliphatic rings. The van der Waals surface area contributed by atoms with Crippen LogP contribution in [0.5, 0.6) is 5.75 Å². The van der Waals surface area contributed by atoms with Gasteiger partial charge < -0.3 is 14.5 Å². The molecule has 1 fully saturated rings. The number of carbonyl (C=O) groups excluding carboxylic acids is 2. The lowest BCUT2D eigenvalue weighted by Gasteiger charge is -2.36. The summed E-state index contributed by atoms with van der Waals surface area (Å²) in [4.78, 5) is 28.6. The largest absolute Gasteiger partial charge is 0.484 e. The first-order chi connectivity index (χ1) is 12.7. The summed E-state index contributed by atoms with van der Waals surface area (Å²) in [7, 11) is 0. The number of ether oxygens (including phenoxy) is 1. The summed E-state index contributed by atoms with van der Waals surface area (Å²) >= 11 is 0. The molecule has 0 aliphatic carbocycles. The molecule has 3 rings (SSSR count). The fourth-order valence-corrected chi connectivity index (χ4v) is 3.08. The van der Waals surface area contributed by atoms with Crippen LogP contribution in [0.4, 0.5) is 0 Å². The van der Waals surface area contributed by atoms with Gasteiger partial charge in [-0.3, -0.25) is 14.3 Å². The Morgan fingerprint density at radius 3 is 2.38 bits per heavy atom. The van der Waals surface area contributed by atoms with Gasteiger partial charge in [0.05, 0.1) is 0 Å². The van der Waals surface area contributed by atoms with E-state index in [1.165, 1.54) is 0 Å². The average Bonchev–Trinajstić information content (AvgIpc) is 3.22. The summed E-state index contributed by atoms with van der Waals surface area (Å²) in [6.07, 6.45) is 4.18. The van der Waals surface area contributed by atoms with Crippen molar-refractivity contribution >= 4 is 11.8 Å². The SMILES string of the molecule is CC[C@@H](C(=O)N1CCN(C(=O)COc2ccccc2)CC1)n1cccn1. The van der Waals surface area contributed by atoms with Crippen molar-refractivity contribution in [2.45, 2.75) is 19.4 Å². The number of amides is 2. The van der Waals surface area contributed by atoms with Crippen LogP contribution < -0.4 is 4.74 Å². The molecule has 1 atom stereocenters. The second-order valence-electron chi connectivity index (χ2n) is 6.22. The van der Waals surface area contributed by atoms with Crippen LogP contribution in [0.2, 0.25) is 0 Å². The van der Waals surface area contributed by atoms with Crippen molar-refractivity contribution in [3.63, 3.8) is 0 Å². The number of hydrogen-bond acceptors (Lipinski definition) is 4. The molecule has 0 spiro atoms. The summed E-state index contributed by atoms with van der Waals surface area (Å²) in [5.41, 5.74) is 0. The van der Waals surface area contributed by atoms with E-state index < -0.39 is 0 Å². The summed E-state index contributed by atoms with van der Waals surface area (Å²) in [6, 6.07) is 10.8. The van der Waals surface area contributed by atoms with Crippen molar-refractivity contribution in [2.75, 3.05) is 32.8 Å². The molecular formula is C19H24N4O3. The molecule has 1 saturated heterocycles. The number of para-hydroxylation sites is 1. The highest BCUT2D eigenvalue weighted by Gasteiger charge is 2.29. The van der Waals surface area contributed by atoms with Crippen molar-refractivity contribution in [3.05, 3.63) is 48.8 Å². The first-order valence-electron chi connectivity index (χ1n) is 8.92. The van der Waals surface area contributed by atoms with Gasteiger partial charge in [0.15, 0.2) is 6.61 Å². The summed E-state index contributed by atoms with van der Waals surface area (Å²) < 4.78 is 7.22. The minimum atomic E-state index is -0.284. The molecule has 0 saturated carbocycles. The average molecular weight is 356 g/mol. The molecular weight excluding hydrogens is 332 g/mol. The molecule has 1 aliphatic heterocycles. The standard InChI is InChI=1S/C19H24N4O3/c1-2-17(23-10-6-9-20-23)19(25)22-13-11-21(12-14-22)18(24)15-26-16-7-4-3-5-8-16/h3-10,17H,2,11-15H2,1H3/t17-/m0/s1. The molecule has 2 heterocycles. The second kappa shape index (κ2) is 8.51. The maximum atomic E-state index is 12.8. The van der Waals surface area contributed by atoms with E-state index in [9.17, 15) is 9.59 Å². The minimum absolute atomic E-state index is 0.0167. The number of hydrogen-bond donors (Lipinski definition) is 0. The Morgan fingerprint density at radius 2 is 1.77 bits per heavy atom. The van der Waals surface area contributed by atoms with E-state index in [2.05, 4.69) is 5.10 Å². The van der Waals surface area contributed by atoms with Crippen molar-refractivity contribution < 1.29 is 14.3 Å². The molecule has 7 nitrogen and oxygen atoms in total. The van der Waals surface area contributed by atoms with Gasteiger partial charge in [-0.25, -0.2) is 0 Å². The van der Waals surface area contributed by atoms with Crippen molar-refractivity contribution in [2.24, 2.45) is 0 Å². The van der Waals surface area contributed by atoms with Gasteiger partial charge in [-0.1, -0.05) is 25.1 Å². The molecule has 0 unspecified atom stereocenters. The Kier molecular flexibility index (Phi) is 5.88. The maximum absolute atomic E-state index is 12.8. The molecule has 1 aromatic heterocycles. The highest BCUT2D eigenvalue weighted by molar-refractivity contribution is 5.81. The van der Waals surface area contributed by atoms with Crippen LogP contribution in [0.1, 0.15) is 19.4 Å². The van der Waals surface area contributed by atoms with E-state index in [0.29, 0.717) is 38.3 Å². The van der Waals surface area contributed by atoms with E-state index in [-0.39, 0.29) is 24.5 Å². The third kappa shape index (κ3) is 4.22. The monoisotopic (exact) mass is 356 g/mol. The number of carbonyl (C=O) groups is 2. The third-order valence-electron chi connectivity index (χ3n) is 4.57. The van der Waals surface area contributed by atoms with E-state index in [0.717, 1.165) is 0 Å². The second-order valence-corrected chi connectivity index (χ2v) is 6.22. The zero-order valence-electron chi connectivity index (χ0n) is 15.0. The Hall–Kier alpha value is -2.83. The number of rotatable bonds is 6. The Labute approximate surface area is 153 Å². The maximum Gasteiger partial charge on any atom is 0.260 e. The molecule has 0 radical (unpaired) electrons. The van der Waals surface area contributed by atoms with Crippen LogP contribution in [0.15, 0.2) is 48.8 Å². The lowest BCUT2D eigenvalue weighted by Crippen LogP contribution is -2.53. The molecule has 0 N–H and O–H groups in total. The smallest absolute Gasteiger partial charge is 0.260 e. The van der Waals surface area contributed by atoms with Crippen molar-refractivity contribution in [1.29, 1.82) is 0 Å². The van der Waals surface area contributed by atoms with E-state index in [1.54, 1.807) is 15.8 Å². The Balaban J connectivity index is 1.49. The fraction of sp³-hybridized carbons (Fsp3) is 0.421. The Morgan fingerprint density at radius 1 is 1.08 bits per heavy atom. The molecule has 2 amide bonds.